The first kappa shape index (κ1) is 24.5. The first-order valence-electron chi connectivity index (χ1n) is 9.69. The van der Waals surface area contributed by atoms with E-state index in [2.05, 4.69) is 9.97 Å². The smallest absolute Gasteiger partial charge is 0.329 e. The Bertz CT molecular complexity index is 1340. The number of sulfone groups is 2. The first-order valence-corrected chi connectivity index (χ1v) is 13.1. The molecule has 2 N–H and O–H groups in total. The molecule has 0 amide bonds. The van der Waals surface area contributed by atoms with Crippen molar-refractivity contribution >= 4 is 31.6 Å². The minimum absolute atomic E-state index is 0.102. The third-order valence-electron chi connectivity index (χ3n) is 5.60. The molecule has 10 nitrogen and oxygen atoms in total. The molecular weight excluding hydrogens is 472 g/mol. The second-order valence-corrected chi connectivity index (χ2v) is 12.4. The third-order valence-corrected chi connectivity index (χ3v) is 8.77. The second-order valence-electron chi connectivity index (χ2n) is 8.26. The van der Waals surface area contributed by atoms with Gasteiger partial charge in [0.1, 0.15) is 0 Å². The van der Waals surface area contributed by atoms with Gasteiger partial charge < -0.3 is 10.2 Å². The fourth-order valence-electron chi connectivity index (χ4n) is 4.20. The highest BCUT2D eigenvalue weighted by Gasteiger charge is 2.59. The zero-order chi connectivity index (χ0) is 24.7. The van der Waals surface area contributed by atoms with Gasteiger partial charge in [0.2, 0.25) is 15.0 Å². The number of aromatic nitrogens is 2. The molecule has 1 aromatic heterocycles. The number of carboxylic acids is 2. The van der Waals surface area contributed by atoms with Crippen LogP contribution in [0.5, 0.6) is 0 Å². The average molecular weight is 495 g/mol. The van der Waals surface area contributed by atoms with Crippen LogP contribution >= 0.6 is 0 Å². The molecule has 2 unspecified atom stereocenters. The SMILES string of the molecule is CC1=CC(C(=O)O)(S(=O)(=O)c2ccccc2)CC(Cc2cnc(S(C)(=O)=O)nc2)(C(=O)O)C1. The molecule has 12 heteroatoms. The molecule has 1 aliphatic carbocycles. The number of benzene rings is 1. The van der Waals surface area contributed by atoms with Crippen molar-refractivity contribution in [2.24, 2.45) is 5.41 Å². The predicted octanol–water partition coefficient (Wildman–Crippen LogP) is 1.53. The Morgan fingerprint density at radius 3 is 2.06 bits per heavy atom. The highest BCUT2D eigenvalue weighted by atomic mass is 32.2. The van der Waals surface area contributed by atoms with Gasteiger partial charge >= 0.3 is 11.9 Å². The summed E-state index contributed by atoms with van der Waals surface area (Å²) in [6, 6.07) is 7.01. The molecule has 33 heavy (non-hydrogen) atoms. The van der Waals surface area contributed by atoms with Gasteiger partial charge in [-0.3, -0.25) is 9.59 Å². The van der Waals surface area contributed by atoms with E-state index in [0.29, 0.717) is 5.57 Å². The van der Waals surface area contributed by atoms with E-state index in [9.17, 15) is 36.6 Å². The van der Waals surface area contributed by atoms with Gasteiger partial charge in [0.05, 0.1) is 10.3 Å². The lowest BCUT2D eigenvalue weighted by molar-refractivity contribution is -0.151. The minimum Gasteiger partial charge on any atom is -0.481 e. The molecule has 0 fully saturated rings. The molecule has 0 bridgehead atoms. The van der Waals surface area contributed by atoms with Crippen molar-refractivity contribution in [1.29, 1.82) is 0 Å². The van der Waals surface area contributed by atoms with E-state index in [1.165, 1.54) is 31.2 Å². The summed E-state index contributed by atoms with van der Waals surface area (Å²) in [7, 11) is -8.21. The van der Waals surface area contributed by atoms with Crippen molar-refractivity contribution in [2.75, 3.05) is 6.26 Å². The molecule has 0 aliphatic heterocycles. The van der Waals surface area contributed by atoms with Crippen molar-refractivity contribution in [2.45, 2.75) is 41.0 Å². The van der Waals surface area contributed by atoms with E-state index in [4.69, 9.17) is 0 Å². The van der Waals surface area contributed by atoms with Gasteiger partial charge in [0.25, 0.3) is 0 Å². The summed E-state index contributed by atoms with van der Waals surface area (Å²) in [5, 5.41) is 19.8. The van der Waals surface area contributed by atoms with Crippen molar-refractivity contribution in [3.63, 3.8) is 0 Å². The summed E-state index contributed by atoms with van der Waals surface area (Å²) < 4.78 is 47.7. The van der Waals surface area contributed by atoms with E-state index in [-0.39, 0.29) is 23.3 Å². The number of hydrogen-bond acceptors (Lipinski definition) is 8. The van der Waals surface area contributed by atoms with E-state index in [1.54, 1.807) is 6.07 Å². The van der Waals surface area contributed by atoms with Crippen LogP contribution in [0.2, 0.25) is 0 Å². The number of allylic oxidation sites excluding steroid dienone is 1. The molecule has 1 aromatic carbocycles. The van der Waals surface area contributed by atoms with Crippen LogP contribution in [0.3, 0.4) is 0 Å². The van der Waals surface area contributed by atoms with Crippen LogP contribution in [0.25, 0.3) is 0 Å². The summed E-state index contributed by atoms with van der Waals surface area (Å²) in [6.45, 7) is 1.48. The molecule has 3 rings (SSSR count). The molecule has 1 aliphatic rings. The van der Waals surface area contributed by atoms with Crippen LogP contribution < -0.4 is 0 Å². The zero-order valence-corrected chi connectivity index (χ0v) is 19.4. The lowest BCUT2D eigenvalue weighted by Crippen LogP contribution is -2.54. The largest absolute Gasteiger partial charge is 0.481 e. The molecular formula is C21H22N2O8S2. The Hall–Kier alpha value is -3.12. The van der Waals surface area contributed by atoms with E-state index >= 15 is 0 Å². The van der Waals surface area contributed by atoms with Gasteiger partial charge in [-0.15, -0.1) is 0 Å². The van der Waals surface area contributed by atoms with E-state index < -0.39 is 53.4 Å². The first-order chi connectivity index (χ1) is 15.2. The Morgan fingerprint density at radius 2 is 1.58 bits per heavy atom. The molecule has 0 saturated heterocycles. The van der Waals surface area contributed by atoms with Crippen molar-refractivity contribution < 1.29 is 36.6 Å². The summed E-state index contributed by atoms with van der Waals surface area (Å²) in [5.74, 6) is -3.06. The Labute approximate surface area is 190 Å². The van der Waals surface area contributed by atoms with Crippen LogP contribution in [-0.2, 0) is 35.7 Å². The number of hydrogen-bond donors (Lipinski definition) is 2. The average Bonchev–Trinajstić information content (AvgIpc) is 2.73. The van der Waals surface area contributed by atoms with Crippen molar-refractivity contribution in [3.8, 4) is 0 Å². The number of nitrogens with zero attached hydrogens (tertiary/aromatic N) is 2. The van der Waals surface area contributed by atoms with Crippen molar-refractivity contribution in [3.05, 3.63) is 59.9 Å². The molecule has 0 radical (unpaired) electrons. The van der Waals surface area contributed by atoms with Crippen LogP contribution in [-0.4, -0.2) is 60.0 Å². The van der Waals surface area contributed by atoms with Gasteiger partial charge in [-0.25, -0.2) is 26.8 Å². The Morgan fingerprint density at radius 1 is 1.00 bits per heavy atom. The number of carbonyl (C=O) groups is 2. The fraction of sp³-hybridized carbons (Fsp3) is 0.333. The highest BCUT2D eigenvalue weighted by molar-refractivity contribution is 7.93. The maximum atomic E-state index is 13.5. The summed E-state index contributed by atoms with van der Waals surface area (Å²) in [5.41, 5.74) is -1.29. The quantitative estimate of drug-likeness (QED) is 0.425. The van der Waals surface area contributed by atoms with E-state index in [1.807, 2.05) is 0 Å². The molecule has 0 saturated carbocycles. The highest BCUT2D eigenvalue weighted by Crippen LogP contribution is 2.48. The molecule has 176 valence electrons. The molecule has 0 spiro atoms. The van der Waals surface area contributed by atoms with Gasteiger partial charge in [-0.2, -0.15) is 0 Å². The van der Waals surface area contributed by atoms with Gasteiger partial charge in [-0.1, -0.05) is 29.8 Å². The third kappa shape index (κ3) is 4.40. The zero-order valence-electron chi connectivity index (χ0n) is 17.8. The standard InChI is InChI=1S/C21H22N2O8S2/c1-14-8-20(17(24)25,10-15-11-22-19(23-12-15)32(2,28)29)13-21(9-14,18(26)27)33(30,31)16-6-4-3-5-7-16/h3-7,9,11-12H,8,10,13H2,1-2H3,(H,24,25)(H,26,27). The van der Waals surface area contributed by atoms with Crippen molar-refractivity contribution in [1.82, 2.24) is 9.97 Å². The number of rotatable bonds is 7. The predicted molar refractivity (Wildman–Crippen MR) is 116 cm³/mol. The lowest BCUT2D eigenvalue weighted by atomic mass is 9.67. The topological polar surface area (TPSA) is 169 Å². The summed E-state index contributed by atoms with van der Waals surface area (Å²) >= 11 is 0. The minimum atomic E-state index is -4.53. The summed E-state index contributed by atoms with van der Waals surface area (Å²) in [4.78, 5) is 32.2. The van der Waals surface area contributed by atoms with Crippen LogP contribution in [0, 0.1) is 5.41 Å². The Balaban J connectivity index is 2.14. The second kappa shape index (κ2) is 8.34. The lowest BCUT2D eigenvalue weighted by Gasteiger charge is -2.41. The Kier molecular flexibility index (Phi) is 6.20. The molecule has 2 atom stereocenters. The van der Waals surface area contributed by atoms with Crippen LogP contribution in [0.15, 0.2) is 64.4 Å². The maximum absolute atomic E-state index is 13.5. The van der Waals surface area contributed by atoms with Gasteiger partial charge in [-0.05, 0) is 43.9 Å². The van der Waals surface area contributed by atoms with E-state index in [0.717, 1.165) is 24.7 Å². The normalized spacial score (nSPS) is 23.5. The molecule has 2 aromatic rings. The van der Waals surface area contributed by atoms with Crippen LogP contribution in [0.4, 0.5) is 0 Å². The number of aliphatic carboxylic acids is 2. The van der Waals surface area contributed by atoms with Gasteiger partial charge in [0.15, 0.2) is 14.6 Å². The van der Waals surface area contributed by atoms with Gasteiger partial charge in [0, 0.05) is 18.6 Å². The summed E-state index contributed by atoms with van der Waals surface area (Å²) in [6.07, 6.45) is 3.21. The number of carboxylic acid groups (broad SMARTS) is 2. The van der Waals surface area contributed by atoms with Crippen LogP contribution in [0.1, 0.15) is 25.3 Å². The molecule has 1 heterocycles. The fourth-order valence-corrected chi connectivity index (χ4v) is 6.68. The maximum Gasteiger partial charge on any atom is 0.329 e. The monoisotopic (exact) mass is 494 g/mol.